The maximum absolute atomic E-state index is 13.3. The number of rotatable bonds is 5. The van der Waals surface area contributed by atoms with Gasteiger partial charge in [-0.1, -0.05) is 39.7 Å². The number of hydrogen-bond donors (Lipinski definition) is 0. The Morgan fingerprint density at radius 3 is 2.64 bits per heavy atom. The first kappa shape index (κ1) is 19.2. The summed E-state index contributed by atoms with van der Waals surface area (Å²) in [5.41, 5.74) is 1.39. The normalized spacial score (nSPS) is 16.0. The molecule has 0 aliphatic carbocycles. The van der Waals surface area contributed by atoms with E-state index >= 15 is 0 Å². The second-order valence-corrected chi connectivity index (χ2v) is 7.97. The summed E-state index contributed by atoms with van der Waals surface area (Å²) in [5, 5.41) is 1.03. The van der Waals surface area contributed by atoms with Crippen LogP contribution in [0.2, 0.25) is 5.02 Å². The highest BCUT2D eigenvalue weighted by Crippen LogP contribution is 2.38. The molecular formula is C21H17BrClNO4. The predicted molar refractivity (Wildman–Crippen MR) is 111 cm³/mol. The van der Waals surface area contributed by atoms with Crippen LogP contribution < -0.4 is 5.43 Å². The molecule has 0 spiro atoms. The molecule has 2 heterocycles. The molecule has 1 atom stereocenters. The van der Waals surface area contributed by atoms with Crippen LogP contribution in [0.25, 0.3) is 11.0 Å². The van der Waals surface area contributed by atoms with Crippen molar-refractivity contribution in [1.82, 2.24) is 4.90 Å². The van der Waals surface area contributed by atoms with Gasteiger partial charge in [0.1, 0.15) is 5.58 Å². The number of halogens is 2. The highest BCUT2D eigenvalue weighted by Gasteiger charge is 2.42. The fourth-order valence-corrected chi connectivity index (χ4v) is 4.08. The minimum Gasteiger partial charge on any atom is -0.450 e. The zero-order chi connectivity index (χ0) is 19.8. The minimum absolute atomic E-state index is 0.109. The molecule has 0 bridgehead atoms. The number of fused-ring (bicyclic) bond motifs is 2. The molecule has 0 unspecified atom stereocenters. The van der Waals surface area contributed by atoms with Crippen molar-refractivity contribution in [3.63, 3.8) is 0 Å². The third-order valence-electron chi connectivity index (χ3n) is 4.86. The van der Waals surface area contributed by atoms with Crippen LogP contribution in [0.15, 0.2) is 56.1 Å². The molecule has 0 saturated carbocycles. The molecule has 3 aromatic rings. The number of nitrogens with zero attached hydrogens (tertiary/aromatic N) is 1. The van der Waals surface area contributed by atoms with Crippen molar-refractivity contribution < 1.29 is 13.9 Å². The zero-order valence-corrected chi connectivity index (χ0v) is 17.4. The van der Waals surface area contributed by atoms with Gasteiger partial charge in [0.2, 0.25) is 5.76 Å². The van der Waals surface area contributed by atoms with Crippen molar-refractivity contribution in [2.45, 2.75) is 12.5 Å². The average molecular weight is 463 g/mol. The highest BCUT2D eigenvalue weighted by molar-refractivity contribution is 9.10. The maximum Gasteiger partial charge on any atom is 0.290 e. The highest BCUT2D eigenvalue weighted by atomic mass is 79.9. The predicted octanol–water partition coefficient (Wildman–Crippen LogP) is 4.79. The van der Waals surface area contributed by atoms with Crippen molar-refractivity contribution in [3.8, 4) is 0 Å². The first-order valence-corrected chi connectivity index (χ1v) is 10.00. The molecule has 0 radical (unpaired) electrons. The topological polar surface area (TPSA) is 59.8 Å². The second kappa shape index (κ2) is 7.70. The molecule has 0 fully saturated rings. The molecule has 144 valence electrons. The van der Waals surface area contributed by atoms with Gasteiger partial charge in [0, 0.05) is 29.8 Å². The Balaban J connectivity index is 1.92. The number of carbonyl (C=O) groups is 1. The number of hydrogen-bond acceptors (Lipinski definition) is 4. The van der Waals surface area contributed by atoms with Crippen LogP contribution in [-0.4, -0.2) is 31.1 Å². The Labute approximate surface area is 175 Å². The van der Waals surface area contributed by atoms with Crippen molar-refractivity contribution in [2.75, 3.05) is 20.3 Å². The van der Waals surface area contributed by atoms with E-state index in [-0.39, 0.29) is 17.1 Å². The summed E-state index contributed by atoms with van der Waals surface area (Å²) in [6, 6.07) is 11.9. The molecule has 0 saturated heterocycles. The Morgan fingerprint density at radius 1 is 1.18 bits per heavy atom. The maximum atomic E-state index is 13.3. The van der Waals surface area contributed by atoms with Gasteiger partial charge in [-0.25, -0.2) is 0 Å². The van der Waals surface area contributed by atoms with E-state index in [4.69, 9.17) is 20.8 Å². The SMILES string of the molecule is COCCCN1C(=O)c2oc3ccc(Br)cc3c(=O)c2[C@@H]1c1ccc(Cl)cc1. The molecule has 4 rings (SSSR count). The fraction of sp³-hybridized carbons (Fsp3) is 0.238. The van der Waals surface area contributed by atoms with Gasteiger partial charge >= 0.3 is 0 Å². The number of carbonyl (C=O) groups excluding carboxylic acids is 1. The molecule has 5 nitrogen and oxygen atoms in total. The van der Waals surface area contributed by atoms with Crippen molar-refractivity contribution in [3.05, 3.63) is 79.1 Å². The van der Waals surface area contributed by atoms with E-state index in [1.807, 2.05) is 12.1 Å². The van der Waals surface area contributed by atoms with Gasteiger partial charge in [0.05, 0.1) is 17.0 Å². The van der Waals surface area contributed by atoms with Crippen LogP contribution >= 0.6 is 27.5 Å². The largest absolute Gasteiger partial charge is 0.450 e. The molecule has 1 aromatic heterocycles. The quantitative estimate of drug-likeness (QED) is 0.512. The third kappa shape index (κ3) is 3.26. The average Bonchev–Trinajstić information content (AvgIpc) is 2.96. The Morgan fingerprint density at radius 2 is 1.93 bits per heavy atom. The number of methoxy groups -OCH3 is 1. The van der Waals surface area contributed by atoms with E-state index in [1.165, 1.54) is 0 Å². The van der Waals surface area contributed by atoms with Gasteiger partial charge in [0.15, 0.2) is 5.43 Å². The van der Waals surface area contributed by atoms with Crippen molar-refractivity contribution in [2.24, 2.45) is 0 Å². The Bertz CT molecular complexity index is 1110. The third-order valence-corrected chi connectivity index (χ3v) is 5.61. The van der Waals surface area contributed by atoms with Crippen LogP contribution in [0.3, 0.4) is 0 Å². The number of amides is 1. The van der Waals surface area contributed by atoms with Gasteiger partial charge in [-0.05, 0) is 42.3 Å². The summed E-state index contributed by atoms with van der Waals surface area (Å²) in [7, 11) is 1.62. The van der Waals surface area contributed by atoms with Gasteiger partial charge in [0.25, 0.3) is 5.91 Å². The van der Waals surface area contributed by atoms with E-state index < -0.39 is 6.04 Å². The van der Waals surface area contributed by atoms with Gasteiger partial charge in [-0.15, -0.1) is 0 Å². The Hall–Kier alpha value is -2.15. The fourth-order valence-electron chi connectivity index (χ4n) is 3.59. The van der Waals surface area contributed by atoms with E-state index in [9.17, 15) is 9.59 Å². The van der Waals surface area contributed by atoms with E-state index in [0.29, 0.717) is 41.1 Å². The summed E-state index contributed by atoms with van der Waals surface area (Å²) < 4.78 is 11.8. The smallest absolute Gasteiger partial charge is 0.290 e. The van der Waals surface area contributed by atoms with E-state index in [1.54, 1.807) is 42.3 Å². The summed E-state index contributed by atoms with van der Waals surface area (Å²) in [6.45, 7) is 0.966. The molecule has 2 aromatic carbocycles. The standard InChI is InChI=1S/C21H17BrClNO4/c1-27-10-2-9-24-18(12-3-6-14(23)7-4-12)17-19(25)15-11-13(22)5-8-16(15)28-20(17)21(24)26/h3-8,11,18H,2,9-10H2,1H3/t18-/m0/s1. The molecule has 0 N–H and O–H groups in total. The van der Waals surface area contributed by atoms with Crippen LogP contribution in [0.1, 0.15) is 34.1 Å². The lowest BCUT2D eigenvalue weighted by Gasteiger charge is -2.25. The summed E-state index contributed by atoms with van der Waals surface area (Å²) >= 11 is 9.42. The lowest BCUT2D eigenvalue weighted by atomic mass is 9.98. The van der Waals surface area contributed by atoms with Crippen LogP contribution in [0.4, 0.5) is 0 Å². The first-order valence-electron chi connectivity index (χ1n) is 8.83. The molecular weight excluding hydrogens is 446 g/mol. The summed E-state index contributed by atoms with van der Waals surface area (Å²) in [5.74, 6) is -0.176. The molecule has 28 heavy (non-hydrogen) atoms. The van der Waals surface area contributed by atoms with Gasteiger partial charge < -0.3 is 14.1 Å². The van der Waals surface area contributed by atoms with Gasteiger partial charge in [-0.2, -0.15) is 0 Å². The van der Waals surface area contributed by atoms with Crippen LogP contribution in [0.5, 0.6) is 0 Å². The Kier molecular flexibility index (Phi) is 5.27. The lowest BCUT2D eigenvalue weighted by molar-refractivity contribution is 0.0708. The van der Waals surface area contributed by atoms with Crippen LogP contribution in [-0.2, 0) is 4.74 Å². The molecule has 1 aliphatic heterocycles. The van der Waals surface area contributed by atoms with Crippen LogP contribution in [0, 0.1) is 0 Å². The second-order valence-electron chi connectivity index (χ2n) is 6.61. The molecule has 1 aliphatic rings. The number of ether oxygens (including phenoxy) is 1. The summed E-state index contributed by atoms with van der Waals surface area (Å²) in [6.07, 6.45) is 0.652. The van der Waals surface area contributed by atoms with Crippen molar-refractivity contribution >= 4 is 44.4 Å². The molecule has 7 heteroatoms. The van der Waals surface area contributed by atoms with Gasteiger partial charge in [-0.3, -0.25) is 9.59 Å². The molecule has 1 amide bonds. The lowest BCUT2D eigenvalue weighted by Crippen LogP contribution is -2.31. The van der Waals surface area contributed by atoms with E-state index in [2.05, 4.69) is 15.9 Å². The monoisotopic (exact) mass is 461 g/mol. The summed E-state index contributed by atoms with van der Waals surface area (Å²) in [4.78, 5) is 28.1. The minimum atomic E-state index is -0.517. The van der Waals surface area contributed by atoms with E-state index in [0.717, 1.165) is 10.0 Å². The van der Waals surface area contributed by atoms with Crippen molar-refractivity contribution in [1.29, 1.82) is 0 Å². The number of benzene rings is 2. The first-order chi connectivity index (χ1) is 13.5. The zero-order valence-electron chi connectivity index (χ0n) is 15.1.